The SMILES string of the molecule is S=C(NCc1ccccc1)c1ccc(Cl)cc1. The molecule has 17 heavy (non-hydrogen) atoms. The molecule has 3 heteroatoms. The number of thiocarbonyl (C=S) groups is 1. The van der Waals surface area contributed by atoms with Crippen LogP contribution in [0.4, 0.5) is 0 Å². The van der Waals surface area contributed by atoms with Gasteiger partial charge in [0.25, 0.3) is 0 Å². The zero-order valence-electron chi connectivity index (χ0n) is 9.19. The van der Waals surface area contributed by atoms with E-state index in [1.165, 1.54) is 5.56 Å². The number of benzene rings is 2. The smallest absolute Gasteiger partial charge is 0.106 e. The van der Waals surface area contributed by atoms with Crippen LogP contribution in [0, 0.1) is 0 Å². The second-order valence-corrected chi connectivity index (χ2v) is 4.52. The Labute approximate surface area is 111 Å². The molecular weight excluding hydrogens is 250 g/mol. The highest BCUT2D eigenvalue weighted by Gasteiger charge is 2.00. The van der Waals surface area contributed by atoms with Gasteiger partial charge in [0.05, 0.1) is 0 Å². The van der Waals surface area contributed by atoms with Crippen molar-refractivity contribution in [3.05, 3.63) is 70.7 Å². The van der Waals surface area contributed by atoms with Gasteiger partial charge >= 0.3 is 0 Å². The highest BCUT2D eigenvalue weighted by Crippen LogP contribution is 2.10. The molecular formula is C14H12ClNS. The lowest BCUT2D eigenvalue weighted by Gasteiger charge is -2.08. The molecule has 0 atom stereocenters. The summed E-state index contributed by atoms with van der Waals surface area (Å²) in [4.78, 5) is 0.741. The first-order valence-corrected chi connectivity index (χ1v) is 6.12. The number of hydrogen-bond donors (Lipinski definition) is 1. The molecule has 0 unspecified atom stereocenters. The second-order valence-electron chi connectivity index (χ2n) is 3.68. The van der Waals surface area contributed by atoms with Gasteiger partial charge in [0.2, 0.25) is 0 Å². The van der Waals surface area contributed by atoms with Crippen LogP contribution in [0.25, 0.3) is 0 Å². The third-order valence-electron chi connectivity index (χ3n) is 2.40. The molecule has 0 saturated carbocycles. The summed E-state index contributed by atoms with van der Waals surface area (Å²) in [5.74, 6) is 0. The average Bonchev–Trinajstić information content (AvgIpc) is 2.38. The van der Waals surface area contributed by atoms with Crippen LogP contribution in [0.5, 0.6) is 0 Å². The Morgan fingerprint density at radius 3 is 2.29 bits per heavy atom. The van der Waals surface area contributed by atoms with E-state index in [0.717, 1.165) is 22.1 Å². The number of nitrogens with one attached hydrogen (secondary N) is 1. The van der Waals surface area contributed by atoms with Crippen LogP contribution in [0.1, 0.15) is 11.1 Å². The molecule has 0 fully saturated rings. The summed E-state index contributed by atoms with van der Waals surface area (Å²) in [6.45, 7) is 0.738. The first kappa shape index (κ1) is 12.1. The zero-order chi connectivity index (χ0) is 12.1. The molecule has 0 amide bonds. The summed E-state index contributed by atoms with van der Waals surface area (Å²) in [5, 5.41) is 3.94. The molecule has 86 valence electrons. The van der Waals surface area contributed by atoms with Gasteiger partial charge in [0.1, 0.15) is 4.99 Å². The predicted molar refractivity (Wildman–Crippen MR) is 76.4 cm³/mol. The minimum Gasteiger partial charge on any atom is -0.372 e. The zero-order valence-corrected chi connectivity index (χ0v) is 10.8. The molecule has 2 rings (SSSR count). The first-order valence-electron chi connectivity index (χ1n) is 5.33. The molecule has 0 spiro atoms. The van der Waals surface area contributed by atoms with E-state index in [1.807, 2.05) is 42.5 Å². The lowest BCUT2D eigenvalue weighted by atomic mass is 10.2. The van der Waals surface area contributed by atoms with Gasteiger partial charge in [-0.25, -0.2) is 0 Å². The van der Waals surface area contributed by atoms with Gasteiger partial charge < -0.3 is 5.32 Å². The fourth-order valence-electron chi connectivity index (χ4n) is 1.48. The van der Waals surface area contributed by atoms with Crippen molar-refractivity contribution >= 4 is 28.8 Å². The quantitative estimate of drug-likeness (QED) is 0.844. The number of halogens is 1. The fraction of sp³-hybridized carbons (Fsp3) is 0.0714. The standard InChI is InChI=1S/C14H12ClNS/c15-13-8-6-12(7-9-13)14(17)16-10-11-4-2-1-3-5-11/h1-9H,10H2,(H,16,17). The van der Waals surface area contributed by atoms with Crippen LogP contribution in [0.15, 0.2) is 54.6 Å². The van der Waals surface area contributed by atoms with Crippen molar-refractivity contribution in [3.8, 4) is 0 Å². The maximum atomic E-state index is 5.83. The summed E-state index contributed by atoms with van der Waals surface area (Å²) < 4.78 is 0. The maximum absolute atomic E-state index is 5.83. The molecule has 0 bridgehead atoms. The molecule has 2 aromatic carbocycles. The molecule has 0 saturated heterocycles. The lowest BCUT2D eigenvalue weighted by Crippen LogP contribution is -2.21. The Kier molecular flexibility index (Phi) is 4.13. The Bertz CT molecular complexity index is 493. The normalized spacial score (nSPS) is 9.94. The maximum Gasteiger partial charge on any atom is 0.106 e. The van der Waals surface area contributed by atoms with Gasteiger partial charge in [0.15, 0.2) is 0 Å². The second kappa shape index (κ2) is 5.80. The Morgan fingerprint density at radius 1 is 1.00 bits per heavy atom. The van der Waals surface area contributed by atoms with Crippen molar-refractivity contribution < 1.29 is 0 Å². The fourth-order valence-corrected chi connectivity index (χ4v) is 1.82. The topological polar surface area (TPSA) is 12.0 Å². The summed E-state index contributed by atoms with van der Waals surface area (Å²) in [6, 6.07) is 17.7. The van der Waals surface area contributed by atoms with E-state index in [2.05, 4.69) is 17.4 Å². The molecule has 0 radical (unpaired) electrons. The van der Waals surface area contributed by atoms with Gasteiger partial charge in [-0.15, -0.1) is 0 Å². The third kappa shape index (κ3) is 3.55. The molecule has 1 N–H and O–H groups in total. The van der Waals surface area contributed by atoms with E-state index in [4.69, 9.17) is 23.8 Å². The summed E-state index contributed by atoms with van der Waals surface area (Å²) in [5.41, 5.74) is 2.20. The molecule has 0 heterocycles. The van der Waals surface area contributed by atoms with Crippen LogP contribution in [-0.4, -0.2) is 4.99 Å². The Balaban J connectivity index is 1.96. The van der Waals surface area contributed by atoms with Gasteiger partial charge in [-0.05, 0) is 17.7 Å². The van der Waals surface area contributed by atoms with E-state index in [9.17, 15) is 0 Å². The monoisotopic (exact) mass is 261 g/mol. The van der Waals surface area contributed by atoms with E-state index in [-0.39, 0.29) is 0 Å². The highest BCUT2D eigenvalue weighted by atomic mass is 35.5. The third-order valence-corrected chi connectivity index (χ3v) is 3.03. The lowest BCUT2D eigenvalue weighted by molar-refractivity contribution is 0.929. The van der Waals surface area contributed by atoms with Crippen molar-refractivity contribution in [2.45, 2.75) is 6.54 Å². The van der Waals surface area contributed by atoms with Crippen molar-refractivity contribution in [3.63, 3.8) is 0 Å². The van der Waals surface area contributed by atoms with E-state index in [0.29, 0.717) is 0 Å². The van der Waals surface area contributed by atoms with Gasteiger partial charge in [-0.1, -0.05) is 66.3 Å². The van der Waals surface area contributed by atoms with E-state index < -0.39 is 0 Å². The molecule has 0 aliphatic rings. The van der Waals surface area contributed by atoms with Gasteiger partial charge in [-0.3, -0.25) is 0 Å². The molecule has 2 aromatic rings. The van der Waals surface area contributed by atoms with Crippen molar-refractivity contribution in [2.75, 3.05) is 0 Å². The minimum absolute atomic E-state index is 0.722. The van der Waals surface area contributed by atoms with Crippen LogP contribution >= 0.6 is 23.8 Å². The first-order chi connectivity index (χ1) is 8.25. The Hall–Kier alpha value is -1.38. The van der Waals surface area contributed by atoms with Crippen molar-refractivity contribution in [2.24, 2.45) is 0 Å². The summed E-state index contributed by atoms with van der Waals surface area (Å²) >= 11 is 11.1. The van der Waals surface area contributed by atoms with Crippen LogP contribution in [0.2, 0.25) is 5.02 Å². The summed E-state index contributed by atoms with van der Waals surface area (Å²) in [6.07, 6.45) is 0. The summed E-state index contributed by atoms with van der Waals surface area (Å²) in [7, 11) is 0. The average molecular weight is 262 g/mol. The number of hydrogen-bond acceptors (Lipinski definition) is 1. The molecule has 0 aromatic heterocycles. The van der Waals surface area contributed by atoms with E-state index in [1.54, 1.807) is 0 Å². The molecule has 1 nitrogen and oxygen atoms in total. The minimum atomic E-state index is 0.722. The predicted octanol–water partition coefficient (Wildman–Crippen LogP) is 3.81. The van der Waals surface area contributed by atoms with Gasteiger partial charge in [0, 0.05) is 17.1 Å². The van der Waals surface area contributed by atoms with Gasteiger partial charge in [-0.2, -0.15) is 0 Å². The molecule has 0 aliphatic heterocycles. The van der Waals surface area contributed by atoms with Crippen molar-refractivity contribution in [1.29, 1.82) is 0 Å². The van der Waals surface area contributed by atoms with Crippen LogP contribution < -0.4 is 5.32 Å². The van der Waals surface area contributed by atoms with Crippen molar-refractivity contribution in [1.82, 2.24) is 5.32 Å². The van der Waals surface area contributed by atoms with Crippen LogP contribution in [-0.2, 0) is 6.54 Å². The molecule has 0 aliphatic carbocycles. The van der Waals surface area contributed by atoms with E-state index >= 15 is 0 Å². The highest BCUT2D eigenvalue weighted by molar-refractivity contribution is 7.80. The largest absolute Gasteiger partial charge is 0.372 e. The van der Waals surface area contributed by atoms with Crippen LogP contribution in [0.3, 0.4) is 0 Å². The Morgan fingerprint density at radius 2 is 1.65 bits per heavy atom. The number of rotatable bonds is 3.